The van der Waals surface area contributed by atoms with E-state index in [0.717, 1.165) is 22.3 Å². The molecule has 0 radical (unpaired) electrons. The lowest BCUT2D eigenvalue weighted by molar-refractivity contribution is -0.0431. The van der Waals surface area contributed by atoms with Crippen molar-refractivity contribution in [1.29, 1.82) is 0 Å². The van der Waals surface area contributed by atoms with Gasteiger partial charge in [-0.05, 0) is 36.2 Å². The number of nitrogens with one attached hydrogen (secondary N) is 1. The van der Waals surface area contributed by atoms with Crippen LogP contribution in [-0.4, -0.2) is 21.6 Å². The lowest BCUT2D eigenvalue weighted by Gasteiger charge is -2.16. The molecule has 3 aromatic carbocycles. The average molecular weight is 460 g/mol. The normalized spacial score (nSPS) is 13.7. The highest BCUT2D eigenvalue weighted by Gasteiger charge is 2.32. The first-order valence-corrected chi connectivity index (χ1v) is 10.9. The number of anilines is 1. The summed E-state index contributed by atoms with van der Waals surface area (Å²) in [6.45, 7) is 5.59. The Bertz CT molecular complexity index is 1350. The van der Waals surface area contributed by atoms with Gasteiger partial charge in [0.2, 0.25) is 5.79 Å². The summed E-state index contributed by atoms with van der Waals surface area (Å²) in [5, 5.41) is 8.19. The maximum atomic E-state index is 13.2. The Kier molecular flexibility index (Phi) is 5.10. The number of benzene rings is 3. The van der Waals surface area contributed by atoms with Crippen LogP contribution in [-0.2, 0) is 0 Å². The minimum Gasteiger partial charge on any atom is -0.449 e. The van der Waals surface area contributed by atoms with Gasteiger partial charge in [0, 0.05) is 47.9 Å². The van der Waals surface area contributed by atoms with Crippen LogP contribution in [0.3, 0.4) is 0 Å². The summed E-state index contributed by atoms with van der Waals surface area (Å²) in [4.78, 5) is 13.2. The number of hydrogen-bond acceptors (Lipinski definition) is 4. The van der Waals surface area contributed by atoms with Crippen molar-refractivity contribution in [3.63, 3.8) is 0 Å². The second kappa shape index (κ2) is 7.98. The number of amides is 1. The van der Waals surface area contributed by atoms with Gasteiger partial charge in [0.05, 0.1) is 0 Å². The topological polar surface area (TPSA) is 65.4 Å². The van der Waals surface area contributed by atoms with Crippen LogP contribution in [0.5, 0.6) is 11.5 Å². The van der Waals surface area contributed by atoms with Crippen LogP contribution in [0.25, 0.3) is 22.4 Å². The van der Waals surface area contributed by atoms with Gasteiger partial charge in [0.1, 0.15) is 5.69 Å². The summed E-state index contributed by atoms with van der Waals surface area (Å²) in [5.74, 6) is 0.511. The highest BCUT2D eigenvalue weighted by atomic mass is 35.5. The zero-order chi connectivity index (χ0) is 23.2. The van der Waals surface area contributed by atoms with E-state index in [2.05, 4.69) is 10.4 Å². The van der Waals surface area contributed by atoms with E-state index < -0.39 is 5.79 Å². The van der Waals surface area contributed by atoms with E-state index in [1.165, 1.54) is 4.68 Å². The molecule has 33 heavy (non-hydrogen) atoms. The quantitative estimate of drug-likeness (QED) is 0.367. The summed E-state index contributed by atoms with van der Waals surface area (Å²) in [6.07, 6.45) is 1.74. The van der Waals surface area contributed by atoms with Crippen LogP contribution >= 0.6 is 11.6 Å². The van der Waals surface area contributed by atoms with Crippen LogP contribution in [0.1, 0.15) is 19.4 Å². The molecule has 166 valence electrons. The average Bonchev–Trinajstić information content (AvgIpc) is 3.35. The SMILES string of the molecule is Cc1cc2c(cc1NC(=O)n1cc(-c3ccccc3)c(-c3ccc(Cl)cc3)n1)OC(C)(C)O2. The number of halogens is 1. The van der Waals surface area contributed by atoms with E-state index in [4.69, 9.17) is 21.1 Å². The highest BCUT2D eigenvalue weighted by molar-refractivity contribution is 6.30. The van der Waals surface area contributed by atoms with Gasteiger partial charge in [-0.1, -0.05) is 54.1 Å². The number of aryl methyl sites for hydroxylation is 1. The first kappa shape index (κ1) is 21.1. The number of ether oxygens (including phenoxy) is 2. The Morgan fingerprint density at radius 3 is 2.33 bits per heavy atom. The van der Waals surface area contributed by atoms with Gasteiger partial charge >= 0.3 is 6.03 Å². The molecule has 6 nitrogen and oxygen atoms in total. The zero-order valence-corrected chi connectivity index (χ0v) is 19.2. The zero-order valence-electron chi connectivity index (χ0n) is 18.4. The molecule has 5 rings (SSSR count). The van der Waals surface area contributed by atoms with Gasteiger partial charge in [-0.25, -0.2) is 4.79 Å². The Morgan fingerprint density at radius 1 is 0.970 bits per heavy atom. The summed E-state index contributed by atoms with van der Waals surface area (Å²) in [7, 11) is 0. The van der Waals surface area contributed by atoms with Crippen LogP contribution in [0, 0.1) is 6.92 Å². The Balaban J connectivity index is 1.50. The monoisotopic (exact) mass is 459 g/mol. The van der Waals surface area contributed by atoms with E-state index >= 15 is 0 Å². The van der Waals surface area contributed by atoms with Crippen LogP contribution in [0.2, 0.25) is 5.02 Å². The summed E-state index contributed by atoms with van der Waals surface area (Å²) in [6, 6.07) is 20.5. The van der Waals surface area contributed by atoms with E-state index in [0.29, 0.717) is 27.9 Å². The standard InChI is InChI=1S/C26H22ClN3O3/c1-16-13-22-23(33-26(2,3)32-22)14-21(16)28-25(31)30-15-20(17-7-5-4-6-8-17)24(29-30)18-9-11-19(27)12-10-18/h4-15H,1-3H3,(H,28,31). The molecule has 2 heterocycles. The second-order valence-electron chi connectivity index (χ2n) is 8.36. The third-order valence-electron chi connectivity index (χ3n) is 5.37. The minimum absolute atomic E-state index is 0.381. The first-order valence-electron chi connectivity index (χ1n) is 10.5. The lowest BCUT2D eigenvalue weighted by atomic mass is 10.0. The highest BCUT2D eigenvalue weighted by Crippen LogP contribution is 2.42. The molecule has 0 saturated carbocycles. The molecule has 1 aliphatic rings. The van der Waals surface area contributed by atoms with E-state index in [9.17, 15) is 4.79 Å². The van der Waals surface area contributed by atoms with Gasteiger partial charge in [-0.3, -0.25) is 0 Å². The van der Waals surface area contributed by atoms with E-state index in [1.807, 2.05) is 81.4 Å². The summed E-state index contributed by atoms with van der Waals surface area (Å²) in [5.41, 5.74) is 4.85. The summed E-state index contributed by atoms with van der Waals surface area (Å²) >= 11 is 6.07. The van der Waals surface area contributed by atoms with Gasteiger partial charge in [-0.15, -0.1) is 0 Å². The third-order valence-corrected chi connectivity index (χ3v) is 5.62. The molecule has 0 unspecified atom stereocenters. The molecule has 0 atom stereocenters. The molecule has 0 saturated heterocycles. The van der Waals surface area contributed by atoms with Gasteiger partial charge in [-0.2, -0.15) is 9.78 Å². The molecule has 7 heteroatoms. The maximum Gasteiger partial charge on any atom is 0.346 e. The van der Waals surface area contributed by atoms with Crippen molar-refractivity contribution in [2.45, 2.75) is 26.6 Å². The molecule has 1 aromatic heterocycles. The Morgan fingerprint density at radius 2 is 1.64 bits per heavy atom. The molecule has 1 aliphatic heterocycles. The smallest absolute Gasteiger partial charge is 0.346 e. The van der Waals surface area contributed by atoms with Crippen molar-refractivity contribution >= 4 is 23.3 Å². The molecule has 4 aromatic rings. The molecule has 1 N–H and O–H groups in total. The molecule has 0 aliphatic carbocycles. The molecular weight excluding hydrogens is 438 g/mol. The number of carbonyl (C=O) groups excluding carboxylic acids is 1. The predicted molar refractivity (Wildman–Crippen MR) is 129 cm³/mol. The number of rotatable bonds is 3. The van der Waals surface area contributed by atoms with Crippen LogP contribution < -0.4 is 14.8 Å². The van der Waals surface area contributed by atoms with E-state index in [-0.39, 0.29) is 6.03 Å². The number of nitrogens with zero attached hydrogens (tertiary/aromatic N) is 2. The Hall–Kier alpha value is -3.77. The largest absolute Gasteiger partial charge is 0.449 e. The predicted octanol–water partition coefficient (Wildman–Crippen LogP) is 6.77. The number of fused-ring (bicyclic) bond motifs is 1. The van der Waals surface area contributed by atoms with Crippen molar-refractivity contribution < 1.29 is 14.3 Å². The molecule has 0 spiro atoms. The van der Waals surface area contributed by atoms with Crippen LogP contribution in [0.4, 0.5) is 10.5 Å². The molecular formula is C26H22ClN3O3. The van der Waals surface area contributed by atoms with Crippen LogP contribution in [0.15, 0.2) is 72.9 Å². The number of carbonyl (C=O) groups is 1. The Labute approximate surface area is 196 Å². The fourth-order valence-corrected chi connectivity index (χ4v) is 3.93. The fraction of sp³-hybridized carbons (Fsp3) is 0.154. The third kappa shape index (κ3) is 4.17. The van der Waals surface area contributed by atoms with Gasteiger partial charge in [0.25, 0.3) is 0 Å². The number of aromatic nitrogens is 2. The van der Waals surface area contributed by atoms with Gasteiger partial charge < -0.3 is 14.8 Å². The lowest BCUT2D eigenvalue weighted by Crippen LogP contribution is -2.29. The van der Waals surface area contributed by atoms with Gasteiger partial charge in [0.15, 0.2) is 11.5 Å². The van der Waals surface area contributed by atoms with Crippen molar-refractivity contribution in [2.75, 3.05) is 5.32 Å². The first-order chi connectivity index (χ1) is 15.8. The maximum absolute atomic E-state index is 13.2. The fourth-order valence-electron chi connectivity index (χ4n) is 3.81. The summed E-state index contributed by atoms with van der Waals surface area (Å²) < 4.78 is 12.9. The second-order valence-corrected chi connectivity index (χ2v) is 8.79. The van der Waals surface area contributed by atoms with Crippen molar-refractivity contribution in [3.05, 3.63) is 83.5 Å². The minimum atomic E-state index is -0.739. The number of hydrogen-bond donors (Lipinski definition) is 1. The molecule has 1 amide bonds. The molecule has 0 fully saturated rings. The molecule has 0 bridgehead atoms. The van der Waals surface area contributed by atoms with Crippen molar-refractivity contribution in [3.8, 4) is 33.9 Å². The van der Waals surface area contributed by atoms with E-state index in [1.54, 1.807) is 12.3 Å². The van der Waals surface area contributed by atoms with Crippen molar-refractivity contribution in [2.24, 2.45) is 0 Å². The van der Waals surface area contributed by atoms with Crippen molar-refractivity contribution in [1.82, 2.24) is 9.78 Å².